The van der Waals surface area contributed by atoms with Gasteiger partial charge < -0.3 is 15.5 Å². The Kier molecular flexibility index (Phi) is 4.26. The number of aromatic nitrogens is 2. The summed E-state index contributed by atoms with van der Waals surface area (Å²) in [5.74, 6) is 0.841. The third kappa shape index (κ3) is 3.49. The lowest BCUT2D eigenvalue weighted by atomic mass is 9.96. The second-order valence-electron chi connectivity index (χ2n) is 5.96. The van der Waals surface area contributed by atoms with Gasteiger partial charge in [-0.05, 0) is 25.7 Å². The highest BCUT2D eigenvalue weighted by Gasteiger charge is 2.29. The Labute approximate surface area is 133 Å². The summed E-state index contributed by atoms with van der Waals surface area (Å²) in [6, 6.07) is 0.274. The van der Waals surface area contributed by atoms with Gasteiger partial charge in [-0.1, -0.05) is 0 Å². The summed E-state index contributed by atoms with van der Waals surface area (Å²) in [7, 11) is 1.64. The van der Waals surface area contributed by atoms with E-state index in [1.54, 1.807) is 7.05 Å². The first-order chi connectivity index (χ1) is 11.1. The van der Waals surface area contributed by atoms with E-state index in [4.69, 9.17) is 0 Å². The number of hydrogen-bond donors (Lipinski definition) is 2. The maximum absolute atomic E-state index is 11.7. The van der Waals surface area contributed by atoms with E-state index < -0.39 is 4.92 Å². The average molecular weight is 320 g/mol. The Bertz CT molecular complexity index is 611. The first-order valence-electron chi connectivity index (χ1n) is 7.83. The van der Waals surface area contributed by atoms with Crippen LogP contribution in [0.3, 0.4) is 0 Å². The van der Waals surface area contributed by atoms with Gasteiger partial charge in [-0.3, -0.25) is 14.9 Å². The zero-order chi connectivity index (χ0) is 16.4. The molecule has 1 aliphatic carbocycles. The molecule has 1 aromatic rings. The Balaban J connectivity index is 1.73. The molecule has 9 nitrogen and oxygen atoms in total. The van der Waals surface area contributed by atoms with Crippen molar-refractivity contribution < 1.29 is 9.72 Å². The molecule has 2 aliphatic rings. The topological polar surface area (TPSA) is 113 Å². The van der Waals surface area contributed by atoms with Crippen LogP contribution in [0.5, 0.6) is 0 Å². The SMILES string of the molecule is CNC(=O)C1CCN(c2ncc([N+](=O)[O-])c(NC3CC3)n2)CC1. The van der Waals surface area contributed by atoms with Crippen molar-refractivity contribution in [1.82, 2.24) is 15.3 Å². The largest absolute Gasteiger partial charge is 0.361 e. The number of anilines is 2. The quantitative estimate of drug-likeness (QED) is 0.612. The Morgan fingerprint density at radius 3 is 2.61 bits per heavy atom. The molecule has 2 N–H and O–H groups in total. The van der Waals surface area contributed by atoms with Crippen LogP contribution in [0.25, 0.3) is 0 Å². The number of piperidine rings is 1. The van der Waals surface area contributed by atoms with Crippen molar-refractivity contribution in [3.63, 3.8) is 0 Å². The van der Waals surface area contributed by atoms with Gasteiger partial charge in [0, 0.05) is 32.1 Å². The molecular formula is C14H20N6O3. The fraction of sp³-hybridized carbons (Fsp3) is 0.643. The minimum atomic E-state index is -0.466. The minimum absolute atomic E-state index is 0.0124. The van der Waals surface area contributed by atoms with Gasteiger partial charge in [0.1, 0.15) is 6.20 Å². The van der Waals surface area contributed by atoms with Gasteiger partial charge in [-0.2, -0.15) is 4.98 Å². The van der Waals surface area contributed by atoms with Crippen molar-refractivity contribution in [2.45, 2.75) is 31.7 Å². The molecule has 0 atom stereocenters. The van der Waals surface area contributed by atoms with Crippen molar-refractivity contribution in [1.29, 1.82) is 0 Å². The number of carbonyl (C=O) groups is 1. The molecule has 2 fully saturated rings. The Hall–Kier alpha value is -2.45. The summed E-state index contributed by atoms with van der Waals surface area (Å²) in [6.45, 7) is 1.33. The third-order valence-corrected chi connectivity index (χ3v) is 4.27. The lowest BCUT2D eigenvalue weighted by molar-refractivity contribution is -0.384. The molecule has 23 heavy (non-hydrogen) atoms. The molecule has 2 heterocycles. The highest BCUT2D eigenvalue weighted by atomic mass is 16.6. The summed E-state index contributed by atoms with van der Waals surface area (Å²) in [5.41, 5.74) is -0.0964. The van der Waals surface area contributed by atoms with Crippen LogP contribution in [0.2, 0.25) is 0 Å². The number of nitrogens with zero attached hydrogens (tertiary/aromatic N) is 4. The molecule has 0 radical (unpaired) electrons. The van der Waals surface area contributed by atoms with Crippen LogP contribution in [0, 0.1) is 16.0 Å². The van der Waals surface area contributed by atoms with Gasteiger partial charge >= 0.3 is 5.69 Å². The smallest absolute Gasteiger partial charge is 0.329 e. The first kappa shape index (κ1) is 15.4. The summed E-state index contributed by atoms with van der Waals surface area (Å²) < 4.78 is 0. The fourth-order valence-electron chi connectivity index (χ4n) is 2.73. The zero-order valence-corrected chi connectivity index (χ0v) is 13.0. The van der Waals surface area contributed by atoms with E-state index in [0.717, 1.165) is 25.7 Å². The number of carbonyl (C=O) groups excluding carboxylic acids is 1. The normalized spacial score (nSPS) is 18.6. The highest BCUT2D eigenvalue weighted by molar-refractivity contribution is 5.78. The monoisotopic (exact) mass is 320 g/mol. The number of nitro groups is 1. The van der Waals surface area contributed by atoms with Crippen LogP contribution >= 0.6 is 0 Å². The lowest BCUT2D eigenvalue weighted by Crippen LogP contribution is -2.40. The van der Waals surface area contributed by atoms with E-state index in [9.17, 15) is 14.9 Å². The van der Waals surface area contributed by atoms with Crippen LogP contribution < -0.4 is 15.5 Å². The van der Waals surface area contributed by atoms with Crippen molar-refractivity contribution in [2.75, 3.05) is 30.4 Å². The van der Waals surface area contributed by atoms with E-state index in [1.807, 2.05) is 4.90 Å². The minimum Gasteiger partial charge on any atom is -0.361 e. The summed E-state index contributed by atoms with van der Waals surface area (Å²) in [5, 5.41) is 16.9. The Morgan fingerprint density at radius 1 is 1.35 bits per heavy atom. The van der Waals surface area contributed by atoms with Crippen LogP contribution in [-0.2, 0) is 4.79 Å². The van der Waals surface area contributed by atoms with Crippen LogP contribution in [0.4, 0.5) is 17.5 Å². The summed E-state index contributed by atoms with van der Waals surface area (Å²) in [6.07, 6.45) is 4.73. The molecule has 1 saturated heterocycles. The first-order valence-corrected chi connectivity index (χ1v) is 7.83. The van der Waals surface area contributed by atoms with E-state index in [-0.39, 0.29) is 29.4 Å². The molecule has 1 saturated carbocycles. The van der Waals surface area contributed by atoms with Crippen molar-refractivity contribution in [2.24, 2.45) is 5.92 Å². The van der Waals surface area contributed by atoms with Crippen LogP contribution in [0.1, 0.15) is 25.7 Å². The molecule has 0 spiro atoms. The average Bonchev–Trinajstić information content (AvgIpc) is 3.38. The maximum Gasteiger partial charge on any atom is 0.329 e. The summed E-state index contributed by atoms with van der Waals surface area (Å²) >= 11 is 0. The van der Waals surface area contributed by atoms with Crippen molar-refractivity contribution in [3.8, 4) is 0 Å². The predicted molar refractivity (Wildman–Crippen MR) is 84.3 cm³/mol. The third-order valence-electron chi connectivity index (χ3n) is 4.27. The van der Waals surface area contributed by atoms with Crippen molar-refractivity contribution in [3.05, 3.63) is 16.3 Å². The number of rotatable bonds is 5. The molecule has 3 rings (SSSR count). The van der Waals surface area contributed by atoms with Gasteiger partial charge in [-0.15, -0.1) is 0 Å². The van der Waals surface area contributed by atoms with E-state index in [2.05, 4.69) is 20.6 Å². The molecule has 1 amide bonds. The molecular weight excluding hydrogens is 300 g/mol. The van der Waals surface area contributed by atoms with Gasteiger partial charge in [-0.25, -0.2) is 4.98 Å². The van der Waals surface area contributed by atoms with E-state index in [1.165, 1.54) is 6.20 Å². The standard InChI is InChI=1S/C14H20N6O3/c1-15-13(21)9-4-6-19(7-5-9)14-16-8-11(20(22)23)12(18-14)17-10-2-3-10/h8-10H,2-7H2,1H3,(H,15,21)(H,16,17,18). The van der Waals surface area contributed by atoms with E-state index in [0.29, 0.717) is 19.0 Å². The molecule has 0 bridgehead atoms. The van der Waals surface area contributed by atoms with Crippen LogP contribution in [0.15, 0.2) is 6.20 Å². The second-order valence-corrected chi connectivity index (χ2v) is 5.96. The predicted octanol–water partition coefficient (Wildman–Crippen LogP) is 0.921. The van der Waals surface area contributed by atoms with Gasteiger partial charge in [0.2, 0.25) is 17.7 Å². The molecule has 1 aromatic heterocycles. The van der Waals surface area contributed by atoms with E-state index >= 15 is 0 Å². The summed E-state index contributed by atoms with van der Waals surface area (Å²) in [4.78, 5) is 32.7. The Morgan fingerprint density at radius 2 is 2.04 bits per heavy atom. The fourth-order valence-corrected chi connectivity index (χ4v) is 2.73. The number of amides is 1. The highest BCUT2D eigenvalue weighted by Crippen LogP contribution is 2.30. The van der Waals surface area contributed by atoms with Gasteiger partial charge in [0.15, 0.2) is 0 Å². The number of hydrogen-bond acceptors (Lipinski definition) is 7. The van der Waals surface area contributed by atoms with Gasteiger partial charge in [0.05, 0.1) is 4.92 Å². The number of nitrogens with one attached hydrogen (secondary N) is 2. The lowest BCUT2D eigenvalue weighted by Gasteiger charge is -2.31. The zero-order valence-electron chi connectivity index (χ0n) is 13.0. The van der Waals surface area contributed by atoms with Gasteiger partial charge in [0.25, 0.3) is 0 Å². The molecule has 1 aliphatic heterocycles. The maximum atomic E-state index is 11.7. The molecule has 0 aromatic carbocycles. The second kappa shape index (κ2) is 6.35. The van der Waals surface area contributed by atoms with Crippen molar-refractivity contribution >= 4 is 23.4 Å². The molecule has 0 unspecified atom stereocenters. The van der Waals surface area contributed by atoms with Crippen LogP contribution in [-0.4, -0.2) is 47.0 Å². The molecule has 9 heteroatoms. The molecule has 124 valence electrons.